The Kier molecular flexibility index (Phi) is 8.06. The second-order valence-corrected chi connectivity index (χ2v) is 4.00. The topological polar surface area (TPSA) is 113 Å². The van der Waals surface area contributed by atoms with Crippen molar-refractivity contribution in [2.24, 2.45) is 5.73 Å². The monoisotopic (exact) mass is 236 g/mol. The predicted molar refractivity (Wildman–Crippen MR) is 57.2 cm³/mol. The number of hydrogen-bond acceptors (Lipinski definition) is 5. The quantitative estimate of drug-likeness (QED) is 0.366. The molecule has 15 heavy (non-hydrogen) atoms. The van der Waals surface area contributed by atoms with Gasteiger partial charge in [-0.1, -0.05) is 0 Å². The summed E-state index contributed by atoms with van der Waals surface area (Å²) in [5.74, 6) is -0.00113. The smallest absolute Gasteiger partial charge is 0.227 e. The van der Waals surface area contributed by atoms with Gasteiger partial charge < -0.3 is 21.3 Å². The molecule has 0 aromatic carbocycles. The third-order valence-corrected chi connectivity index (χ3v) is 2.51. The zero-order valence-corrected chi connectivity index (χ0v) is 9.13. The molecule has 0 aliphatic heterocycles. The summed E-state index contributed by atoms with van der Waals surface area (Å²) in [6.45, 7) is -0.590. The summed E-state index contributed by atoms with van der Waals surface area (Å²) in [4.78, 5) is 21.5. The van der Waals surface area contributed by atoms with Crippen molar-refractivity contribution in [3.63, 3.8) is 0 Å². The lowest BCUT2D eigenvalue weighted by Gasteiger charge is -2.12. The first kappa shape index (κ1) is 14.2. The van der Waals surface area contributed by atoms with Crippen LogP contribution in [0, 0.1) is 0 Å². The van der Waals surface area contributed by atoms with Crippen LogP contribution in [-0.2, 0) is 9.59 Å². The van der Waals surface area contributed by atoms with E-state index in [9.17, 15) is 9.59 Å². The van der Waals surface area contributed by atoms with Gasteiger partial charge in [-0.3, -0.25) is 9.59 Å². The van der Waals surface area contributed by atoms with Crippen LogP contribution in [0.4, 0.5) is 0 Å². The highest BCUT2D eigenvalue weighted by molar-refractivity contribution is 7.99. The van der Waals surface area contributed by atoms with Crippen molar-refractivity contribution in [2.75, 3.05) is 24.7 Å². The minimum Gasteiger partial charge on any atom is -0.394 e. The van der Waals surface area contributed by atoms with Gasteiger partial charge in [-0.15, -0.1) is 0 Å². The SMILES string of the molecule is NC(=O)CSCCC(=O)NC(CO)CO. The molecule has 0 aliphatic rings. The van der Waals surface area contributed by atoms with E-state index < -0.39 is 11.9 Å². The van der Waals surface area contributed by atoms with Crippen LogP contribution in [0.15, 0.2) is 0 Å². The molecule has 7 heteroatoms. The molecular formula is C8H16N2O4S. The first-order chi connectivity index (χ1) is 7.10. The Bertz CT molecular complexity index is 209. The minimum absolute atomic E-state index is 0.191. The van der Waals surface area contributed by atoms with E-state index >= 15 is 0 Å². The van der Waals surface area contributed by atoms with Gasteiger partial charge in [0.15, 0.2) is 0 Å². The van der Waals surface area contributed by atoms with Crippen molar-refractivity contribution in [1.82, 2.24) is 5.32 Å². The molecule has 5 N–H and O–H groups in total. The molecule has 0 bridgehead atoms. The van der Waals surface area contributed by atoms with Crippen molar-refractivity contribution in [2.45, 2.75) is 12.5 Å². The van der Waals surface area contributed by atoms with Crippen molar-refractivity contribution in [1.29, 1.82) is 0 Å². The van der Waals surface area contributed by atoms with E-state index in [1.807, 2.05) is 0 Å². The van der Waals surface area contributed by atoms with Gasteiger partial charge in [0.25, 0.3) is 0 Å². The number of nitrogens with one attached hydrogen (secondary N) is 1. The van der Waals surface area contributed by atoms with Crippen LogP contribution >= 0.6 is 11.8 Å². The molecule has 0 unspecified atom stereocenters. The molecule has 0 heterocycles. The molecule has 2 amide bonds. The fourth-order valence-corrected chi connectivity index (χ4v) is 1.46. The summed E-state index contributed by atoms with van der Waals surface area (Å²) in [7, 11) is 0. The largest absolute Gasteiger partial charge is 0.394 e. The molecule has 0 aromatic heterocycles. The van der Waals surface area contributed by atoms with Gasteiger partial charge in [0.05, 0.1) is 25.0 Å². The van der Waals surface area contributed by atoms with E-state index in [1.54, 1.807) is 0 Å². The third kappa shape index (κ3) is 8.22. The number of carbonyl (C=O) groups is 2. The normalized spacial score (nSPS) is 10.3. The molecule has 0 atom stereocenters. The first-order valence-corrected chi connectivity index (χ1v) is 5.62. The number of thioether (sulfide) groups is 1. The van der Waals surface area contributed by atoms with Gasteiger partial charge in [-0.05, 0) is 0 Å². The molecule has 0 saturated heterocycles. The number of amides is 2. The molecule has 0 rings (SSSR count). The zero-order chi connectivity index (χ0) is 11.7. The van der Waals surface area contributed by atoms with Crippen LogP contribution in [0.5, 0.6) is 0 Å². The zero-order valence-electron chi connectivity index (χ0n) is 8.31. The van der Waals surface area contributed by atoms with Gasteiger partial charge in [-0.2, -0.15) is 11.8 Å². The average Bonchev–Trinajstić information content (AvgIpc) is 2.20. The Hall–Kier alpha value is -0.790. The maximum Gasteiger partial charge on any atom is 0.227 e. The van der Waals surface area contributed by atoms with Crippen LogP contribution in [0.3, 0.4) is 0 Å². The number of rotatable bonds is 8. The predicted octanol–water partition coefficient (Wildman–Crippen LogP) is -1.94. The second-order valence-electron chi connectivity index (χ2n) is 2.90. The van der Waals surface area contributed by atoms with Crippen LogP contribution < -0.4 is 11.1 Å². The molecule has 0 fully saturated rings. The molecule has 0 spiro atoms. The summed E-state index contributed by atoms with van der Waals surface area (Å²) in [5.41, 5.74) is 4.91. The van der Waals surface area contributed by atoms with E-state index in [1.165, 1.54) is 11.8 Å². The summed E-state index contributed by atoms with van der Waals surface area (Å²) < 4.78 is 0. The van der Waals surface area contributed by atoms with Crippen molar-refractivity contribution >= 4 is 23.6 Å². The van der Waals surface area contributed by atoms with Crippen LogP contribution in [0.1, 0.15) is 6.42 Å². The van der Waals surface area contributed by atoms with Gasteiger partial charge in [0.2, 0.25) is 11.8 Å². The first-order valence-electron chi connectivity index (χ1n) is 4.47. The number of carbonyl (C=O) groups excluding carboxylic acids is 2. The number of primary amides is 1. The third-order valence-electron chi connectivity index (χ3n) is 1.52. The molecule has 6 nitrogen and oxygen atoms in total. The van der Waals surface area contributed by atoms with Gasteiger partial charge in [-0.25, -0.2) is 0 Å². The summed E-state index contributed by atoms with van der Waals surface area (Å²) in [6, 6.07) is -0.612. The van der Waals surface area contributed by atoms with E-state index in [4.69, 9.17) is 15.9 Å². The summed E-state index contributed by atoms with van der Waals surface area (Å²) in [6.07, 6.45) is 0.231. The standard InChI is InChI=1S/C8H16N2O4S/c9-7(13)5-15-2-1-8(14)10-6(3-11)4-12/h6,11-12H,1-5H2,(H2,9,13)(H,10,14). The van der Waals surface area contributed by atoms with Gasteiger partial charge >= 0.3 is 0 Å². The van der Waals surface area contributed by atoms with E-state index in [-0.39, 0.29) is 31.3 Å². The maximum atomic E-state index is 11.2. The fourth-order valence-electron chi connectivity index (χ4n) is 0.786. The summed E-state index contributed by atoms with van der Waals surface area (Å²) >= 11 is 1.27. The van der Waals surface area contributed by atoms with Gasteiger partial charge in [0.1, 0.15) is 0 Å². The lowest BCUT2D eigenvalue weighted by Crippen LogP contribution is -2.40. The molecule has 88 valence electrons. The number of hydrogen-bond donors (Lipinski definition) is 4. The molecular weight excluding hydrogens is 220 g/mol. The highest BCUT2D eigenvalue weighted by atomic mass is 32.2. The highest BCUT2D eigenvalue weighted by Gasteiger charge is 2.09. The van der Waals surface area contributed by atoms with Crippen molar-refractivity contribution in [3.05, 3.63) is 0 Å². The fraction of sp³-hybridized carbons (Fsp3) is 0.750. The Morgan fingerprint density at radius 1 is 1.33 bits per heavy atom. The Morgan fingerprint density at radius 3 is 2.40 bits per heavy atom. The average molecular weight is 236 g/mol. The molecule has 0 aliphatic carbocycles. The number of nitrogens with two attached hydrogens (primary N) is 1. The Labute approximate surface area is 92.2 Å². The molecule has 0 radical (unpaired) electrons. The number of aliphatic hydroxyl groups is 2. The Balaban J connectivity index is 3.52. The second kappa shape index (κ2) is 8.51. The number of aliphatic hydroxyl groups excluding tert-OH is 2. The highest BCUT2D eigenvalue weighted by Crippen LogP contribution is 2.01. The minimum atomic E-state index is -0.612. The van der Waals surface area contributed by atoms with Crippen LogP contribution in [-0.4, -0.2) is 52.8 Å². The van der Waals surface area contributed by atoms with Crippen LogP contribution in [0.25, 0.3) is 0 Å². The van der Waals surface area contributed by atoms with Crippen molar-refractivity contribution < 1.29 is 19.8 Å². The maximum absolute atomic E-state index is 11.2. The Morgan fingerprint density at radius 2 is 1.93 bits per heavy atom. The van der Waals surface area contributed by atoms with Gasteiger partial charge in [0, 0.05) is 12.2 Å². The lowest BCUT2D eigenvalue weighted by molar-refractivity contribution is -0.122. The van der Waals surface area contributed by atoms with Crippen molar-refractivity contribution in [3.8, 4) is 0 Å². The van der Waals surface area contributed by atoms with E-state index in [0.717, 1.165) is 0 Å². The summed E-state index contributed by atoms with van der Waals surface area (Å²) in [5, 5.41) is 19.8. The molecule has 0 saturated carbocycles. The van der Waals surface area contributed by atoms with E-state index in [0.29, 0.717) is 5.75 Å². The molecule has 0 aromatic rings. The lowest BCUT2D eigenvalue weighted by atomic mass is 10.3. The van der Waals surface area contributed by atoms with Crippen LogP contribution in [0.2, 0.25) is 0 Å². The van der Waals surface area contributed by atoms with E-state index in [2.05, 4.69) is 5.32 Å².